The van der Waals surface area contributed by atoms with Gasteiger partial charge in [0.2, 0.25) is 0 Å². The van der Waals surface area contributed by atoms with E-state index in [1.54, 1.807) is 18.2 Å². The van der Waals surface area contributed by atoms with Gasteiger partial charge in [-0.15, -0.1) is 0 Å². The first-order valence-electron chi connectivity index (χ1n) is 5.64. The highest BCUT2D eigenvalue weighted by molar-refractivity contribution is 9.10. The van der Waals surface area contributed by atoms with Crippen LogP contribution in [0.3, 0.4) is 0 Å². The van der Waals surface area contributed by atoms with Gasteiger partial charge in [0.05, 0.1) is 9.50 Å². The zero-order chi connectivity index (χ0) is 14.0. The van der Waals surface area contributed by atoms with Gasteiger partial charge in [0.1, 0.15) is 11.6 Å². The summed E-state index contributed by atoms with van der Waals surface area (Å²) in [6, 6.07) is 9.18. The number of rotatable bonds is 3. The summed E-state index contributed by atoms with van der Waals surface area (Å²) in [6.45, 7) is 1.93. The molecule has 0 fully saturated rings. The summed E-state index contributed by atoms with van der Waals surface area (Å²) in [4.78, 5) is 0. The third-order valence-electron chi connectivity index (χ3n) is 2.75. The number of anilines is 1. The molecule has 0 radical (unpaired) electrons. The summed E-state index contributed by atoms with van der Waals surface area (Å²) in [5.41, 5.74) is 1.62. The van der Waals surface area contributed by atoms with E-state index in [0.717, 1.165) is 5.56 Å². The van der Waals surface area contributed by atoms with Gasteiger partial charge in [-0.05, 0) is 58.7 Å². The second-order valence-electron chi connectivity index (χ2n) is 4.17. The van der Waals surface area contributed by atoms with Crippen molar-refractivity contribution in [2.24, 2.45) is 0 Å². The molecule has 0 aliphatic rings. The van der Waals surface area contributed by atoms with Crippen LogP contribution in [0.2, 0.25) is 5.02 Å². The molecular weight excluding hydrogens is 336 g/mol. The summed E-state index contributed by atoms with van der Waals surface area (Å²) in [5.74, 6) is -0.759. The van der Waals surface area contributed by atoms with Crippen molar-refractivity contribution >= 4 is 33.2 Å². The summed E-state index contributed by atoms with van der Waals surface area (Å²) < 4.78 is 26.6. The van der Waals surface area contributed by atoms with Crippen molar-refractivity contribution in [1.82, 2.24) is 0 Å². The lowest BCUT2D eigenvalue weighted by molar-refractivity contribution is 0.619. The topological polar surface area (TPSA) is 12.0 Å². The van der Waals surface area contributed by atoms with Crippen molar-refractivity contribution in [3.63, 3.8) is 0 Å². The molecule has 0 saturated heterocycles. The van der Waals surface area contributed by atoms with Gasteiger partial charge in [0, 0.05) is 11.7 Å². The average Bonchev–Trinajstić information content (AvgIpc) is 2.37. The van der Waals surface area contributed by atoms with E-state index in [0.29, 0.717) is 10.2 Å². The molecule has 2 rings (SSSR count). The third kappa shape index (κ3) is 3.45. The van der Waals surface area contributed by atoms with Crippen LogP contribution in [0.1, 0.15) is 18.5 Å². The Labute approximate surface area is 123 Å². The van der Waals surface area contributed by atoms with Gasteiger partial charge in [-0.3, -0.25) is 0 Å². The SMILES string of the molecule is CC(Nc1ccc(F)c(Cl)c1)c1ccc(F)c(Br)c1. The zero-order valence-corrected chi connectivity index (χ0v) is 12.4. The molecular formula is C14H11BrClF2N. The fourth-order valence-corrected chi connectivity index (χ4v) is 2.28. The normalized spacial score (nSPS) is 12.3. The lowest BCUT2D eigenvalue weighted by Crippen LogP contribution is -2.06. The maximum absolute atomic E-state index is 13.2. The molecule has 2 aromatic carbocycles. The minimum Gasteiger partial charge on any atom is -0.378 e. The molecule has 19 heavy (non-hydrogen) atoms. The Morgan fingerprint density at radius 1 is 1.11 bits per heavy atom. The van der Waals surface area contributed by atoms with Crippen LogP contribution in [0.5, 0.6) is 0 Å². The minimum atomic E-state index is -0.454. The van der Waals surface area contributed by atoms with Gasteiger partial charge < -0.3 is 5.32 Å². The van der Waals surface area contributed by atoms with E-state index < -0.39 is 5.82 Å². The molecule has 0 aromatic heterocycles. The van der Waals surface area contributed by atoms with Crippen molar-refractivity contribution in [3.8, 4) is 0 Å². The van der Waals surface area contributed by atoms with Crippen LogP contribution in [-0.4, -0.2) is 0 Å². The van der Waals surface area contributed by atoms with Crippen LogP contribution in [0, 0.1) is 11.6 Å². The van der Waals surface area contributed by atoms with Crippen LogP contribution < -0.4 is 5.32 Å². The molecule has 0 bridgehead atoms. The average molecular weight is 347 g/mol. The maximum Gasteiger partial charge on any atom is 0.141 e. The minimum absolute atomic E-state index is 0.0570. The maximum atomic E-state index is 13.2. The summed E-state index contributed by atoms with van der Waals surface area (Å²) in [5, 5.41) is 3.25. The van der Waals surface area contributed by atoms with Crippen molar-refractivity contribution in [1.29, 1.82) is 0 Å². The number of halogens is 4. The summed E-state index contributed by atoms with van der Waals surface area (Å²) >= 11 is 8.86. The molecule has 1 atom stereocenters. The highest BCUT2D eigenvalue weighted by Crippen LogP contribution is 2.26. The molecule has 0 aliphatic carbocycles. The number of nitrogens with one attached hydrogen (secondary N) is 1. The molecule has 0 aliphatic heterocycles. The molecule has 0 spiro atoms. The lowest BCUT2D eigenvalue weighted by atomic mass is 10.1. The largest absolute Gasteiger partial charge is 0.378 e. The molecule has 5 heteroatoms. The molecule has 0 saturated carbocycles. The van der Waals surface area contributed by atoms with Crippen molar-refractivity contribution < 1.29 is 8.78 Å². The molecule has 1 nitrogen and oxygen atoms in total. The van der Waals surface area contributed by atoms with Crippen molar-refractivity contribution in [2.75, 3.05) is 5.32 Å². The van der Waals surface area contributed by atoms with E-state index in [-0.39, 0.29) is 16.9 Å². The molecule has 0 amide bonds. The Kier molecular flexibility index (Phi) is 4.42. The first-order chi connectivity index (χ1) is 8.97. The van der Waals surface area contributed by atoms with Gasteiger partial charge in [-0.1, -0.05) is 17.7 Å². The highest BCUT2D eigenvalue weighted by Gasteiger charge is 2.09. The first kappa shape index (κ1) is 14.3. The van der Waals surface area contributed by atoms with E-state index in [1.165, 1.54) is 18.2 Å². The molecule has 1 unspecified atom stereocenters. The first-order valence-corrected chi connectivity index (χ1v) is 6.81. The van der Waals surface area contributed by atoms with Crippen LogP contribution in [0.25, 0.3) is 0 Å². The summed E-state index contributed by atoms with van der Waals surface area (Å²) in [7, 11) is 0. The van der Waals surface area contributed by atoms with Gasteiger partial charge in [0.25, 0.3) is 0 Å². The quantitative estimate of drug-likeness (QED) is 0.768. The number of hydrogen-bond donors (Lipinski definition) is 1. The fraction of sp³-hybridized carbons (Fsp3) is 0.143. The van der Waals surface area contributed by atoms with Crippen molar-refractivity contribution in [2.45, 2.75) is 13.0 Å². The third-order valence-corrected chi connectivity index (χ3v) is 3.64. The van der Waals surface area contributed by atoms with E-state index in [1.807, 2.05) is 6.92 Å². The molecule has 0 heterocycles. The fourth-order valence-electron chi connectivity index (χ4n) is 1.70. The van der Waals surface area contributed by atoms with Crippen LogP contribution in [0.4, 0.5) is 14.5 Å². The molecule has 1 N–H and O–H groups in total. The Hall–Kier alpha value is -1.13. The second-order valence-corrected chi connectivity index (χ2v) is 5.43. The molecule has 2 aromatic rings. The predicted molar refractivity (Wildman–Crippen MR) is 77.5 cm³/mol. The van der Waals surface area contributed by atoms with Crippen LogP contribution in [0.15, 0.2) is 40.9 Å². The molecule has 100 valence electrons. The van der Waals surface area contributed by atoms with Crippen LogP contribution >= 0.6 is 27.5 Å². The second kappa shape index (κ2) is 5.88. The van der Waals surface area contributed by atoms with E-state index in [4.69, 9.17) is 11.6 Å². The Balaban J connectivity index is 2.17. The van der Waals surface area contributed by atoms with E-state index >= 15 is 0 Å². The number of benzene rings is 2. The smallest absolute Gasteiger partial charge is 0.141 e. The highest BCUT2D eigenvalue weighted by atomic mass is 79.9. The Morgan fingerprint density at radius 3 is 2.42 bits per heavy atom. The van der Waals surface area contributed by atoms with Crippen LogP contribution in [-0.2, 0) is 0 Å². The zero-order valence-electron chi connectivity index (χ0n) is 10.1. The Morgan fingerprint density at radius 2 is 1.79 bits per heavy atom. The number of hydrogen-bond acceptors (Lipinski definition) is 1. The van der Waals surface area contributed by atoms with E-state index in [2.05, 4.69) is 21.2 Å². The monoisotopic (exact) mass is 345 g/mol. The van der Waals surface area contributed by atoms with Gasteiger partial charge >= 0.3 is 0 Å². The Bertz CT molecular complexity index is 604. The van der Waals surface area contributed by atoms with Gasteiger partial charge in [-0.25, -0.2) is 8.78 Å². The summed E-state index contributed by atoms with van der Waals surface area (Å²) in [6.07, 6.45) is 0. The van der Waals surface area contributed by atoms with Gasteiger partial charge in [-0.2, -0.15) is 0 Å². The van der Waals surface area contributed by atoms with Gasteiger partial charge in [0.15, 0.2) is 0 Å². The standard InChI is InChI=1S/C14H11BrClF2N/c1-8(9-2-4-13(17)11(15)6-9)19-10-3-5-14(18)12(16)7-10/h2-8,19H,1H3. The van der Waals surface area contributed by atoms with Crippen molar-refractivity contribution in [3.05, 3.63) is 63.1 Å². The van der Waals surface area contributed by atoms with E-state index in [9.17, 15) is 8.78 Å². The predicted octanol–water partition coefficient (Wildman–Crippen LogP) is 5.55. The lowest BCUT2D eigenvalue weighted by Gasteiger charge is -2.16.